The Kier molecular flexibility index (Phi) is 5.60. The lowest BCUT2D eigenvalue weighted by atomic mass is 9.95. The summed E-state index contributed by atoms with van der Waals surface area (Å²) in [6, 6.07) is 0.511. The molecular weight excluding hydrogens is 242 g/mol. The van der Waals surface area contributed by atoms with E-state index in [4.69, 9.17) is 0 Å². The summed E-state index contributed by atoms with van der Waals surface area (Å²) in [5.41, 5.74) is 0. The normalized spacial score (nSPS) is 26.1. The zero-order valence-corrected chi connectivity index (χ0v) is 12.4. The Morgan fingerprint density at radius 1 is 1.50 bits per heavy atom. The summed E-state index contributed by atoms with van der Waals surface area (Å²) in [4.78, 5) is 7.06. The SMILES string of the molecule is CCCNCC1CCCCN(C)C1c1nccs1. The number of thiazole rings is 1. The fourth-order valence-electron chi connectivity index (χ4n) is 2.87. The highest BCUT2D eigenvalue weighted by Crippen LogP contribution is 2.34. The molecule has 1 aliphatic heterocycles. The largest absolute Gasteiger partial charge is 0.316 e. The number of nitrogens with one attached hydrogen (secondary N) is 1. The molecule has 1 aromatic heterocycles. The Hall–Kier alpha value is -0.450. The minimum absolute atomic E-state index is 0.511. The van der Waals surface area contributed by atoms with Crippen molar-refractivity contribution < 1.29 is 0 Å². The van der Waals surface area contributed by atoms with Crippen molar-refractivity contribution in [1.82, 2.24) is 15.2 Å². The average molecular weight is 267 g/mol. The Balaban J connectivity index is 2.06. The summed E-state index contributed by atoms with van der Waals surface area (Å²) in [5, 5.41) is 6.99. The summed E-state index contributed by atoms with van der Waals surface area (Å²) >= 11 is 1.80. The molecule has 2 atom stereocenters. The molecule has 1 saturated heterocycles. The van der Waals surface area contributed by atoms with Gasteiger partial charge in [-0.25, -0.2) is 4.98 Å². The summed E-state index contributed by atoms with van der Waals surface area (Å²) in [6.45, 7) is 5.69. The van der Waals surface area contributed by atoms with Gasteiger partial charge in [-0.2, -0.15) is 0 Å². The first kappa shape index (κ1) is 14.0. The Bertz CT molecular complexity index is 326. The van der Waals surface area contributed by atoms with Gasteiger partial charge < -0.3 is 5.32 Å². The van der Waals surface area contributed by atoms with E-state index in [0.29, 0.717) is 12.0 Å². The molecular formula is C14H25N3S. The van der Waals surface area contributed by atoms with E-state index in [9.17, 15) is 0 Å². The molecule has 0 aromatic carbocycles. The maximum absolute atomic E-state index is 4.56. The molecule has 0 spiro atoms. The fraction of sp³-hybridized carbons (Fsp3) is 0.786. The van der Waals surface area contributed by atoms with Crippen LogP contribution in [-0.2, 0) is 0 Å². The first-order chi connectivity index (χ1) is 8.83. The third-order valence-electron chi connectivity index (χ3n) is 3.79. The van der Waals surface area contributed by atoms with Crippen molar-refractivity contribution in [2.45, 2.75) is 38.6 Å². The predicted octanol–water partition coefficient (Wildman–Crippen LogP) is 2.92. The van der Waals surface area contributed by atoms with Gasteiger partial charge >= 0.3 is 0 Å². The van der Waals surface area contributed by atoms with Crippen LogP contribution in [0.1, 0.15) is 43.7 Å². The van der Waals surface area contributed by atoms with Gasteiger partial charge in [0.05, 0.1) is 6.04 Å². The van der Waals surface area contributed by atoms with Gasteiger partial charge in [0.1, 0.15) is 5.01 Å². The molecule has 0 amide bonds. The molecule has 0 radical (unpaired) electrons. The topological polar surface area (TPSA) is 28.2 Å². The summed E-state index contributed by atoms with van der Waals surface area (Å²) < 4.78 is 0. The lowest BCUT2D eigenvalue weighted by Gasteiger charge is -2.31. The van der Waals surface area contributed by atoms with Gasteiger partial charge in [-0.15, -0.1) is 11.3 Å². The lowest BCUT2D eigenvalue weighted by molar-refractivity contribution is 0.189. The van der Waals surface area contributed by atoms with Crippen molar-refractivity contribution in [3.63, 3.8) is 0 Å². The maximum Gasteiger partial charge on any atom is 0.110 e. The van der Waals surface area contributed by atoms with Gasteiger partial charge in [0, 0.05) is 11.6 Å². The van der Waals surface area contributed by atoms with Crippen LogP contribution in [0.15, 0.2) is 11.6 Å². The van der Waals surface area contributed by atoms with E-state index in [1.54, 1.807) is 11.3 Å². The molecule has 0 saturated carbocycles. The lowest BCUT2D eigenvalue weighted by Crippen LogP contribution is -2.35. The minimum atomic E-state index is 0.511. The molecule has 1 aliphatic rings. The first-order valence-electron chi connectivity index (χ1n) is 7.13. The van der Waals surface area contributed by atoms with Crippen molar-refractivity contribution in [1.29, 1.82) is 0 Å². The van der Waals surface area contributed by atoms with Crippen molar-refractivity contribution in [3.05, 3.63) is 16.6 Å². The zero-order valence-electron chi connectivity index (χ0n) is 11.6. The average Bonchev–Trinajstić information content (AvgIpc) is 2.82. The van der Waals surface area contributed by atoms with Gasteiger partial charge in [0.25, 0.3) is 0 Å². The summed E-state index contributed by atoms with van der Waals surface area (Å²) in [6.07, 6.45) is 7.15. The van der Waals surface area contributed by atoms with Gasteiger partial charge in [0.2, 0.25) is 0 Å². The van der Waals surface area contributed by atoms with E-state index >= 15 is 0 Å². The third-order valence-corrected chi connectivity index (χ3v) is 4.64. The molecule has 0 bridgehead atoms. The molecule has 102 valence electrons. The fourth-order valence-corrected chi connectivity index (χ4v) is 3.77. The van der Waals surface area contributed by atoms with Crippen LogP contribution < -0.4 is 5.32 Å². The number of rotatable bonds is 5. The second-order valence-electron chi connectivity index (χ2n) is 5.26. The quantitative estimate of drug-likeness (QED) is 0.832. The molecule has 1 N–H and O–H groups in total. The van der Waals surface area contributed by atoms with Crippen LogP contribution in [0.4, 0.5) is 0 Å². The Labute approximate surface area is 115 Å². The van der Waals surface area contributed by atoms with E-state index < -0.39 is 0 Å². The highest BCUT2D eigenvalue weighted by molar-refractivity contribution is 7.09. The summed E-state index contributed by atoms with van der Waals surface area (Å²) in [7, 11) is 2.25. The van der Waals surface area contributed by atoms with Crippen LogP contribution in [0, 0.1) is 5.92 Å². The van der Waals surface area contributed by atoms with E-state index in [2.05, 4.69) is 34.6 Å². The number of aromatic nitrogens is 1. The predicted molar refractivity (Wildman–Crippen MR) is 78.0 cm³/mol. The molecule has 1 fully saturated rings. The Morgan fingerprint density at radius 2 is 2.39 bits per heavy atom. The van der Waals surface area contributed by atoms with Gasteiger partial charge in [0.15, 0.2) is 0 Å². The second kappa shape index (κ2) is 7.22. The van der Waals surface area contributed by atoms with Crippen LogP contribution in [0.2, 0.25) is 0 Å². The third kappa shape index (κ3) is 3.53. The van der Waals surface area contributed by atoms with Crippen molar-refractivity contribution in [2.75, 3.05) is 26.7 Å². The molecule has 1 aromatic rings. The number of hydrogen-bond acceptors (Lipinski definition) is 4. The van der Waals surface area contributed by atoms with Crippen LogP contribution >= 0.6 is 11.3 Å². The number of likely N-dealkylation sites (tertiary alicyclic amines) is 1. The van der Waals surface area contributed by atoms with E-state index in [0.717, 1.165) is 13.1 Å². The first-order valence-corrected chi connectivity index (χ1v) is 8.01. The summed E-state index contributed by atoms with van der Waals surface area (Å²) in [5.74, 6) is 0.704. The van der Waals surface area contributed by atoms with Crippen molar-refractivity contribution in [2.24, 2.45) is 5.92 Å². The number of nitrogens with zero attached hydrogens (tertiary/aromatic N) is 2. The molecule has 2 rings (SSSR count). The van der Waals surface area contributed by atoms with Gasteiger partial charge in [-0.05, 0) is 51.9 Å². The van der Waals surface area contributed by atoms with Crippen LogP contribution in [0.3, 0.4) is 0 Å². The molecule has 4 heteroatoms. The van der Waals surface area contributed by atoms with Gasteiger partial charge in [-0.3, -0.25) is 4.90 Å². The van der Waals surface area contributed by atoms with E-state index in [1.165, 1.54) is 37.2 Å². The Morgan fingerprint density at radius 3 is 3.11 bits per heavy atom. The van der Waals surface area contributed by atoms with Crippen molar-refractivity contribution >= 4 is 11.3 Å². The molecule has 18 heavy (non-hydrogen) atoms. The minimum Gasteiger partial charge on any atom is -0.316 e. The molecule has 2 unspecified atom stereocenters. The highest BCUT2D eigenvalue weighted by atomic mass is 32.1. The highest BCUT2D eigenvalue weighted by Gasteiger charge is 2.30. The number of hydrogen-bond donors (Lipinski definition) is 1. The van der Waals surface area contributed by atoms with Crippen LogP contribution in [0.5, 0.6) is 0 Å². The van der Waals surface area contributed by atoms with Crippen molar-refractivity contribution in [3.8, 4) is 0 Å². The van der Waals surface area contributed by atoms with Crippen LogP contribution in [-0.4, -0.2) is 36.6 Å². The van der Waals surface area contributed by atoms with Crippen LogP contribution in [0.25, 0.3) is 0 Å². The molecule has 0 aliphatic carbocycles. The molecule has 3 nitrogen and oxygen atoms in total. The smallest absolute Gasteiger partial charge is 0.110 e. The van der Waals surface area contributed by atoms with E-state index in [1.807, 2.05) is 6.20 Å². The van der Waals surface area contributed by atoms with Gasteiger partial charge in [-0.1, -0.05) is 13.3 Å². The standard InChI is InChI=1S/C14H25N3S/c1-3-7-15-11-12-6-4-5-9-17(2)13(12)14-16-8-10-18-14/h8,10,12-13,15H,3-7,9,11H2,1-2H3. The monoisotopic (exact) mass is 267 g/mol. The molecule has 2 heterocycles. The van der Waals surface area contributed by atoms with E-state index in [-0.39, 0.29) is 0 Å². The maximum atomic E-state index is 4.56. The second-order valence-corrected chi connectivity index (χ2v) is 6.18. The zero-order chi connectivity index (χ0) is 12.8.